The van der Waals surface area contributed by atoms with E-state index in [4.69, 9.17) is 9.47 Å². The van der Waals surface area contributed by atoms with Gasteiger partial charge in [0.2, 0.25) is 0 Å². The van der Waals surface area contributed by atoms with Crippen LogP contribution < -0.4 is 0 Å². The highest BCUT2D eigenvalue weighted by Crippen LogP contribution is 2.41. The number of ether oxygens (including phenoxy) is 2. The van der Waals surface area contributed by atoms with Gasteiger partial charge in [-0.1, -0.05) is 12.8 Å². The highest BCUT2D eigenvalue weighted by molar-refractivity contribution is 4.92. The Labute approximate surface area is 110 Å². The Kier molecular flexibility index (Phi) is 3.92. The first-order valence-electron chi connectivity index (χ1n) is 7.73. The molecule has 1 aliphatic heterocycles. The van der Waals surface area contributed by atoms with E-state index in [-0.39, 0.29) is 11.7 Å². The summed E-state index contributed by atoms with van der Waals surface area (Å²) in [6.45, 7) is 0.875. The molecule has 3 aliphatic rings. The topological polar surface area (TPSA) is 38.7 Å². The lowest BCUT2D eigenvalue weighted by Gasteiger charge is -2.40. The summed E-state index contributed by atoms with van der Waals surface area (Å²) in [5.41, 5.74) is 0.164. The highest BCUT2D eigenvalue weighted by Gasteiger charge is 2.41. The molecule has 0 radical (unpaired) electrons. The fourth-order valence-corrected chi connectivity index (χ4v) is 3.92. The number of hydrogen-bond donors (Lipinski definition) is 1. The second kappa shape index (κ2) is 5.48. The number of hydrogen-bond acceptors (Lipinski definition) is 3. The van der Waals surface area contributed by atoms with Gasteiger partial charge in [-0.15, -0.1) is 0 Å². The van der Waals surface area contributed by atoms with Gasteiger partial charge in [-0.2, -0.15) is 0 Å². The molecular formula is C15H26O3. The average molecular weight is 254 g/mol. The molecule has 0 amide bonds. The number of aliphatic hydroxyl groups excluding tert-OH is 1. The summed E-state index contributed by atoms with van der Waals surface area (Å²) in [5, 5.41) is 9.52. The Morgan fingerprint density at radius 3 is 2.39 bits per heavy atom. The molecule has 1 atom stereocenters. The van der Waals surface area contributed by atoms with E-state index in [1.807, 2.05) is 0 Å². The summed E-state index contributed by atoms with van der Waals surface area (Å²) in [6, 6.07) is 0. The van der Waals surface area contributed by atoms with Gasteiger partial charge in [0.15, 0.2) is 0 Å². The van der Waals surface area contributed by atoms with Gasteiger partial charge in [0.25, 0.3) is 0 Å². The quantitative estimate of drug-likeness (QED) is 0.823. The summed E-state index contributed by atoms with van der Waals surface area (Å²) >= 11 is 0. The molecule has 3 rings (SSSR count). The van der Waals surface area contributed by atoms with Gasteiger partial charge in [-0.25, -0.2) is 0 Å². The lowest BCUT2D eigenvalue weighted by atomic mass is 9.89. The summed E-state index contributed by atoms with van der Waals surface area (Å²) in [7, 11) is 0. The van der Waals surface area contributed by atoms with Gasteiger partial charge in [-0.3, -0.25) is 0 Å². The van der Waals surface area contributed by atoms with Gasteiger partial charge < -0.3 is 14.6 Å². The van der Waals surface area contributed by atoms with E-state index in [2.05, 4.69) is 0 Å². The average Bonchev–Trinajstić information content (AvgIpc) is 2.80. The van der Waals surface area contributed by atoms with E-state index in [1.165, 1.54) is 25.7 Å². The van der Waals surface area contributed by atoms with Crippen molar-refractivity contribution in [3.05, 3.63) is 0 Å². The zero-order chi connectivity index (χ0) is 12.4. The molecule has 0 aromatic heterocycles. The van der Waals surface area contributed by atoms with Crippen molar-refractivity contribution in [3.8, 4) is 0 Å². The van der Waals surface area contributed by atoms with Gasteiger partial charge in [-0.05, 0) is 44.9 Å². The van der Waals surface area contributed by atoms with E-state index in [0.29, 0.717) is 12.2 Å². The first-order valence-corrected chi connectivity index (χ1v) is 7.73. The Morgan fingerprint density at radius 1 is 0.944 bits per heavy atom. The molecule has 2 saturated carbocycles. The lowest BCUT2D eigenvalue weighted by molar-refractivity contribution is -0.151. The van der Waals surface area contributed by atoms with Crippen molar-refractivity contribution in [1.29, 1.82) is 0 Å². The predicted molar refractivity (Wildman–Crippen MR) is 69.5 cm³/mol. The van der Waals surface area contributed by atoms with Gasteiger partial charge in [0.1, 0.15) is 0 Å². The van der Waals surface area contributed by atoms with Crippen LogP contribution in [-0.4, -0.2) is 35.6 Å². The molecule has 3 heteroatoms. The molecular weight excluding hydrogens is 228 g/mol. The molecule has 1 spiro atoms. The molecule has 104 valence electrons. The fourth-order valence-electron chi connectivity index (χ4n) is 3.92. The minimum Gasteiger partial charge on any atom is -0.393 e. The maximum atomic E-state index is 9.52. The van der Waals surface area contributed by atoms with Crippen LogP contribution in [0.3, 0.4) is 0 Å². The highest BCUT2D eigenvalue weighted by atomic mass is 16.5. The third kappa shape index (κ3) is 2.89. The van der Waals surface area contributed by atoms with E-state index in [9.17, 15) is 5.11 Å². The minimum atomic E-state index is -0.0827. The van der Waals surface area contributed by atoms with E-state index >= 15 is 0 Å². The molecule has 1 unspecified atom stereocenters. The zero-order valence-corrected chi connectivity index (χ0v) is 11.3. The summed E-state index contributed by atoms with van der Waals surface area (Å²) < 4.78 is 12.3. The second-order valence-corrected chi connectivity index (χ2v) is 6.42. The van der Waals surface area contributed by atoms with Crippen molar-refractivity contribution in [3.63, 3.8) is 0 Å². The van der Waals surface area contributed by atoms with Crippen molar-refractivity contribution in [2.45, 2.75) is 88.1 Å². The Balaban J connectivity index is 1.50. The lowest BCUT2D eigenvalue weighted by Crippen LogP contribution is -2.42. The summed E-state index contributed by atoms with van der Waals surface area (Å²) in [5.74, 6) is 0. The van der Waals surface area contributed by atoms with E-state index in [0.717, 1.165) is 45.1 Å². The van der Waals surface area contributed by atoms with Crippen LogP contribution >= 0.6 is 0 Å². The van der Waals surface area contributed by atoms with E-state index < -0.39 is 0 Å². The maximum absolute atomic E-state index is 9.52. The van der Waals surface area contributed by atoms with Crippen LogP contribution in [0.1, 0.15) is 64.2 Å². The van der Waals surface area contributed by atoms with Gasteiger partial charge >= 0.3 is 0 Å². The first-order chi connectivity index (χ1) is 8.76. The third-order valence-corrected chi connectivity index (χ3v) is 4.99. The molecule has 18 heavy (non-hydrogen) atoms. The van der Waals surface area contributed by atoms with Crippen LogP contribution in [0.5, 0.6) is 0 Å². The smallest absolute Gasteiger partial charge is 0.0707 e. The predicted octanol–water partition coefficient (Wildman–Crippen LogP) is 2.80. The fraction of sp³-hybridized carbons (Fsp3) is 1.00. The first kappa shape index (κ1) is 12.9. The van der Waals surface area contributed by atoms with E-state index in [1.54, 1.807) is 0 Å². The van der Waals surface area contributed by atoms with Crippen molar-refractivity contribution >= 4 is 0 Å². The normalized spacial score (nSPS) is 40.2. The number of rotatable bonds is 2. The Hall–Kier alpha value is -0.120. The standard InChI is InChI=1S/C15H26O3/c16-12-3-5-13(6-4-12)18-14-7-10-17-15(11-14)8-1-2-9-15/h12-14,16H,1-11H2. The molecule has 3 nitrogen and oxygen atoms in total. The largest absolute Gasteiger partial charge is 0.393 e. The molecule has 1 saturated heterocycles. The van der Waals surface area contributed by atoms with Gasteiger partial charge in [0.05, 0.1) is 23.9 Å². The van der Waals surface area contributed by atoms with Crippen LogP contribution in [0.15, 0.2) is 0 Å². The molecule has 0 bridgehead atoms. The van der Waals surface area contributed by atoms with Crippen LogP contribution in [0.2, 0.25) is 0 Å². The second-order valence-electron chi connectivity index (χ2n) is 6.42. The SMILES string of the molecule is OC1CCC(OC2CCOC3(CCCC3)C2)CC1. The Bertz CT molecular complexity index is 265. The molecule has 1 heterocycles. The third-order valence-electron chi connectivity index (χ3n) is 4.99. The maximum Gasteiger partial charge on any atom is 0.0707 e. The molecule has 3 fully saturated rings. The summed E-state index contributed by atoms with van der Waals surface area (Å²) in [4.78, 5) is 0. The van der Waals surface area contributed by atoms with Crippen LogP contribution in [0.25, 0.3) is 0 Å². The number of aliphatic hydroxyl groups is 1. The van der Waals surface area contributed by atoms with Crippen molar-refractivity contribution in [1.82, 2.24) is 0 Å². The monoisotopic (exact) mass is 254 g/mol. The van der Waals surface area contributed by atoms with Crippen molar-refractivity contribution in [2.75, 3.05) is 6.61 Å². The van der Waals surface area contributed by atoms with Crippen LogP contribution in [-0.2, 0) is 9.47 Å². The minimum absolute atomic E-state index is 0.0827. The molecule has 2 aliphatic carbocycles. The molecule has 1 N–H and O–H groups in total. The summed E-state index contributed by atoms with van der Waals surface area (Å²) in [6.07, 6.45) is 11.9. The van der Waals surface area contributed by atoms with Crippen LogP contribution in [0.4, 0.5) is 0 Å². The van der Waals surface area contributed by atoms with Crippen molar-refractivity contribution < 1.29 is 14.6 Å². The van der Waals surface area contributed by atoms with Crippen LogP contribution in [0, 0.1) is 0 Å². The van der Waals surface area contributed by atoms with Crippen molar-refractivity contribution in [2.24, 2.45) is 0 Å². The molecule has 0 aromatic rings. The van der Waals surface area contributed by atoms with Gasteiger partial charge in [0, 0.05) is 13.0 Å². The Morgan fingerprint density at radius 2 is 1.67 bits per heavy atom. The molecule has 0 aromatic carbocycles. The zero-order valence-electron chi connectivity index (χ0n) is 11.3.